The lowest BCUT2D eigenvalue weighted by molar-refractivity contribution is -0.120. The SMILES string of the molecule is CCC(CC)C(=O)CSc1ccccc1C. The Balaban J connectivity index is 2.52. The van der Waals surface area contributed by atoms with Crippen LogP contribution in [-0.2, 0) is 4.79 Å². The second-order valence-electron chi connectivity index (χ2n) is 4.03. The van der Waals surface area contributed by atoms with Gasteiger partial charge in [-0.3, -0.25) is 4.79 Å². The van der Waals surface area contributed by atoms with Crippen LogP contribution >= 0.6 is 11.8 Å². The van der Waals surface area contributed by atoms with Gasteiger partial charge in [-0.05, 0) is 31.4 Å². The highest BCUT2D eigenvalue weighted by molar-refractivity contribution is 8.00. The molecule has 0 saturated heterocycles. The summed E-state index contributed by atoms with van der Waals surface area (Å²) in [4.78, 5) is 13.1. The molecule has 0 aliphatic carbocycles. The first-order valence-corrected chi connectivity index (χ1v) is 6.88. The van der Waals surface area contributed by atoms with E-state index in [-0.39, 0.29) is 5.92 Å². The lowest BCUT2D eigenvalue weighted by Crippen LogP contribution is -2.14. The summed E-state index contributed by atoms with van der Waals surface area (Å²) >= 11 is 1.66. The maximum absolute atomic E-state index is 11.9. The topological polar surface area (TPSA) is 17.1 Å². The lowest BCUT2D eigenvalue weighted by Gasteiger charge is -2.11. The third kappa shape index (κ3) is 3.67. The Hall–Kier alpha value is -0.760. The maximum atomic E-state index is 11.9. The zero-order chi connectivity index (χ0) is 12.0. The van der Waals surface area contributed by atoms with Crippen molar-refractivity contribution in [1.29, 1.82) is 0 Å². The predicted molar refractivity (Wildman–Crippen MR) is 71.0 cm³/mol. The third-order valence-electron chi connectivity index (χ3n) is 2.90. The van der Waals surface area contributed by atoms with Crippen molar-refractivity contribution in [1.82, 2.24) is 0 Å². The van der Waals surface area contributed by atoms with Crippen LogP contribution in [0.25, 0.3) is 0 Å². The number of ketones is 1. The van der Waals surface area contributed by atoms with E-state index in [0.29, 0.717) is 11.5 Å². The minimum absolute atomic E-state index is 0.247. The molecule has 1 rings (SSSR count). The van der Waals surface area contributed by atoms with Crippen LogP contribution in [0, 0.1) is 12.8 Å². The molecule has 16 heavy (non-hydrogen) atoms. The van der Waals surface area contributed by atoms with Crippen molar-refractivity contribution >= 4 is 17.5 Å². The van der Waals surface area contributed by atoms with E-state index >= 15 is 0 Å². The zero-order valence-electron chi connectivity index (χ0n) is 10.3. The predicted octanol–water partition coefficient (Wildman–Crippen LogP) is 4.09. The van der Waals surface area contributed by atoms with Gasteiger partial charge in [0.1, 0.15) is 5.78 Å². The Morgan fingerprint density at radius 1 is 1.25 bits per heavy atom. The van der Waals surface area contributed by atoms with Crippen molar-refractivity contribution in [3.05, 3.63) is 29.8 Å². The first-order chi connectivity index (χ1) is 7.69. The number of carbonyl (C=O) groups excluding carboxylic acids is 1. The van der Waals surface area contributed by atoms with Crippen molar-refractivity contribution in [3.63, 3.8) is 0 Å². The molecular formula is C14H20OS. The standard InChI is InChI=1S/C14H20OS/c1-4-12(5-2)13(15)10-16-14-9-7-6-8-11(14)3/h6-9,12H,4-5,10H2,1-3H3. The van der Waals surface area contributed by atoms with Gasteiger partial charge in [0.05, 0.1) is 5.75 Å². The number of hydrogen-bond acceptors (Lipinski definition) is 2. The molecule has 0 radical (unpaired) electrons. The van der Waals surface area contributed by atoms with Crippen LogP contribution in [0.5, 0.6) is 0 Å². The smallest absolute Gasteiger partial charge is 0.146 e. The number of benzene rings is 1. The molecule has 1 aromatic carbocycles. The number of hydrogen-bond donors (Lipinski definition) is 0. The fourth-order valence-corrected chi connectivity index (χ4v) is 2.73. The summed E-state index contributed by atoms with van der Waals surface area (Å²) in [6.07, 6.45) is 1.92. The van der Waals surface area contributed by atoms with Gasteiger partial charge in [0, 0.05) is 10.8 Å². The van der Waals surface area contributed by atoms with E-state index < -0.39 is 0 Å². The van der Waals surface area contributed by atoms with Crippen LogP contribution in [0.1, 0.15) is 32.3 Å². The van der Waals surface area contributed by atoms with Crippen molar-refractivity contribution < 1.29 is 4.79 Å². The van der Waals surface area contributed by atoms with Crippen molar-refractivity contribution in [3.8, 4) is 0 Å². The zero-order valence-corrected chi connectivity index (χ0v) is 11.1. The number of aryl methyl sites for hydroxylation is 1. The van der Waals surface area contributed by atoms with Crippen molar-refractivity contribution in [2.45, 2.75) is 38.5 Å². The van der Waals surface area contributed by atoms with Gasteiger partial charge in [-0.1, -0.05) is 32.0 Å². The minimum atomic E-state index is 0.247. The van der Waals surface area contributed by atoms with E-state index in [1.165, 1.54) is 10.5 Å². The van der Waals surface area contributed by atoms with Crippen molar-refractivity contribution in [2.24, 2.45) is 5.92 Å². The molecule has 88 valence electrons. The summed E-state index contributed by atoms with van der Waals surface area (Å²) in [6.45, 7) is 6.26. The summed E-state index contributed by atoms with van der Waals surface area (Å²) in [6, 6.07) is 8.23. The molecule has 1 aromatic rings. The van der Waals surface area contributed by atoms with E-state index in [2.05, 4.69) is 32.9 Å². The van der Waals surface area contributed by atoms with Crippen LogP contribution in [0.2, 0.25) is 0 Å². The number of thioether (sulfide) groups is 1. The Morgan fingerprint density at radius 2 is 1.88 bits per heavy atom. The first-order valence-electron chi connectivity index (χ1n) is 5.90. The molecule has 0 aromatic heterocycles. The van der Waals surface area contributed by atoms with Crippen LogP contribution in [0.15, 0.2) is 29.2 Å². The van der Waals surface area contributed by atoms with E-state index in [9.17, 15) is 4.79 Å². The molecule has 0 bridgehead atoms. The summed E-state index contributed by atoms with van der Waals surface area (Å²) in [5.74, 6) is 1.24. The van der Waals surface area contributed by atoms with E-state index in [0.717, 1.165) is 12.8 Å². The highest BCUT2D eigenvalue weighted by Crippen LogP contribution is 2.23. The summed E-state index contributed by atoms with van der Waals surface area (Å²) in [7, 11) is 0. The van der Waals surface area contributed by atoms with E-state index in [4.69, 9.17) is 0 Å². The van der Waals surface area contributed by atoms with E-state index in [1.54, 1.807) is 11.8 Å². The average Bonchev–Trinajstić information content (AvgIpc) is 2.29. The highest BCUT2D eigenvalue weighted by Gasteiger charge is 2.14. The molecule has 0 aliphatic heterocycles. The molecule has 1 nitrogen and oxygen atoms in total. The highest BCUT2D eigenvalue weighted by atomic mass is 32.2. The van der Waals surface area contributed by atoms with Gasteiger partial charge < -0.3 is 0 Å². The fraction of sp³-hybridized carbons (Fsp3) is 0.500. The molecule has 0 aliphatic rings. The van der Waals surface area contributed by atoms with Crippen LogP contribution in [-0.4, -0.2) is 11.5 Å². The van der Waals surface area contributed by atoms with E-state index in [1.807, 2.05) is 12.1 Å². The summed E-state index contributed by atoms with van der Waals surface area (Å²) in [5.41, 5.74) is 1.25. The molecule has 0 amide bonds. The number of rotatable bonds is 6. The third-order valence-corrected chi connectivity index (χ3v) is 4.10. The summed E-state index contributed by atoms with van der Waals surface area (Å²) < 4.78 is 0. The second-order valence-corrected chi connectivity index (χ2v) is 5.05. The Kier molecular flexibility index (Phi) is 5.61. The Labute approximate surface area is 103 Å². The monoisotopic (exact) mass is 236 g/mol. The van der Waals surface area contributed by atoms with Gasteiger partial charge in [-0.25, -0.2) is 0 Å². The van der Waals surface area contributed by atoms with Crippen LogP contribution in [0.4, 0.5) is 0 Å². The fourth-order valence-electron chi connectivity index (χ4n) is 1.73. The van der Waals surface area contributed by atoms with Gasteiger partial charge in [0.25, 0.3) is 0 Å². The van der Waals surface area contributed by atoms with Gasteiger partial charge >= 0.3 is 0 Å². The maximum Gasteiger partial charge on any atom is 0.146 e. The molecule has 0 heterocycles. The van der Waals surface area contributed by atoms with Gasteiger partial charge in [0.15, 0.2) is 0 Å². The van der Waals surface area contributed by atoms with Gasteiger partial charge in [-0.15, -0.1) is 11.8 Å². The quantitative estimate of drug-likeness (QED) is 0.692. The molecule has 0 saturated carbocycles. The normalized spacial score (nSPS) is 10.8. The molecular weight excluding hydrogens is 216 g/mol. The summed E-state index contributed by atoms with van der Waals surface area (Å²) in [5, 5.41) is 0. The minimum Gasteiger partial charge on any atom is -0.298 e. The number of carbonyl (C=O) groups is 1. The molecule has 0 fully saturated rings. The van der Waals surface area contributed by atoms with Gasteiger partial charge in [-0.2, -0.15) is 0 Å². The molecule has 0 atom stereocenters. The van der Waals surface area contributed by atoms with Crippen LogP contribution < -0.4 is 0 Å². The first kappa shape index (κ1) is 13.3. The largest absolute Gasteiger partial charge is 0.298 e. The Morgan fingerprint density at radius 3 is 2.44 bits per heavy atom. The molecule has 0 unspecified atom stereocenters. The molecule has 2 heteroatoms. The average molecular weight is 236 g/mol. The second kappa shape index (κ2) is 6.74. The van der Waals surface area contributed by atoms with Crippen LogP contribution in [0.3, 0.4) is 0 Å². The Bertz CT molecular complexity index is 342. The molecule has 0 N–H and O–H groups in total. The lowest BCUT2D eigenvalue weighted by atomic mass is 10.00. The number of Topliss-reactive ketones (excluding diaryl/α,β-unsaturated/α-hetero) is 1. The molecule has 0 spiro atoms. The van der Waals surface area contributed by atoms with Gasteiger partial charge in [0.2, 0.25) is 0 Å². The van der Waals surface area contributed by atoms with Crippen molar-refractivity contribution in [2.75, 3.05) is 5.75 Å².